The summed E-state index contributed by atoms with van der Waals surface area (Å²) in [4.78, 5) is 19.0. The third-order valence-corrected chi connectivity index (χ3v) is 5.34. The fourth-order valence-corrected chi connectivity index (χ4v) is 4.02. The van der Waals surface area contributed by atoms with Gasteiger partial charge in [-0.2, -0.15) is 0 Å². The van der Waals surface area contributed by atoms with Crippen LogP contribution in [0.2, 0.25) is 0 Å². The lowest BCUT2D eigenvalue weighted by atomic mass is 10.1. The minimum absolute atomic E-state index is 0.0868. The zero-order valence-corrected chi connectivity index (χ0v) is 14.6. The van der Waals surface area contributed by atoms with Crippen LogP contribution in [-0.2, 0) is 4.74 Å². The van der Waals surface area contributed by atoms with Gasteiger partial charge in [-0.25, -0.2) is 13.8 Å². The van der Waals surface area contributed by atoms with E-state index in [1.54, 1.807) is 12.1 Å². The highest BCUT2D eigenvalue weighted by atomic mass is 32.1. The zero-order chi connectivity index (χ0) is 18.1. The predicted molar refractivity (Wildman–Crippen MR) is 96.6 cm³/mol. The lowest BCUT2D eigenvalue weighted by Gasteiger charge is -2.23. The second kappa shape index (κ2) is 7.09. The molecule has 26 heavy (non-hydrogen) atoms. The third-order valence-electron chi connectivity index (χ3n) is 4.30. The van der Waals surface area contributed by atoms with Gasteiger partial charge in [-0.1, -0.05) is 17.4 Å². The quantitative estimate of drug-likeness (QED) is 0.680. The maximum absolute atomic E-state index is 13.6. The van der Waals surface area contributed by atoms with Gasteiger partial charge in [0.15, 0.2) is 5.13 Å². The van der Waals surface area contributed by atoms with E-state index >= 15 is 0 Å². The highest BCUT2D eigenvalue weighted by molar-refractivity contribution is 7.22. The molecule has 1 unspecified atom stereocenters. The van der Waals surface area contributed by atoms with Crippen LogP contribution in [0.1, 0.15) is 23.2 Å². The minimum atomic E-state index is -0.473. The van der Waals surface area contributed by atoms with Gasteiger partial charge in [0.2, 0.25) is 0 Å². The number of rotatable bonds is 4. The maximum Gasteiger partial charge on any atom is 0.260 e. The van der Waals surface area contributed by atoms with Gasteiger partial charge in [-0.05, 0) is 49.2 Å². The van der Waals surface area contributed by atoms with Crippen molar-refractivity contribution in [3.63, 3.8) is 0 Å². The first-order valence-corrected chi connectivity index (χ1v) is 9.17. The van der Waals surface area contributed by atoms with Crippen molar-refractivity contribution in [1.82, 2.24) is 4.98 Å². The molecule has 4 rings (SSSR count). The van der Waals surface area contributed by atoms with Crippen molar-refractivity contribution in [1.29, 1.82) is 0 Å². The Morgan fingerprint density at radius 2 is 2.08 bits per heavy atom. The minimum Gasteiger partial charge on any atom is -0.376 e. The molecule has 0 radical (unpaired) electrons. The Bertz CT molecular complexity index is 954. The van der Waals surface area contributed by atoms with Crippen molar-refractivity contribution in [2.24, 2.45) is 0 Å². The number of hydrogen-bond acceptors (Lipinski definition) is 4. The maximum atomic E-state index is 13.6. The molecule has 1 aromatic heterocycles. The van der Waals surface area contributed by atoms with Crippen LogP contribution in [0, 0.1) is 11.6 Å². The normalized spacial score (nSPS) is 16.9. The van der Waals surface area contributed by atoms with Gasteiger partial charge in [0.25, 0.3) is 5.91 Å². The van der Waals surface area contributed by atoms with Crippen molar-refractivity contribution in [3.05, 3.63) is 59.7 Å². The molecule has 0 aliphatic carbocycles. The summed E-state index contributed by atoms with van der Waals surface area (Å²) in [5, 5.41) is 0.454. The number of carbonyl (C=O) groups is 1. The van der Waals surface area contributed by atoms with Crippen molar-refractivity contribution in [2.75, 3.05) is 18.1 Å². The van der Waals surface area contributed by atoms with Gasteiger partial charge >= 0.3 is 0 Å². The second-order valence-corrected chi connectivity index (χ2v) is 7.18. The van der Waals surface area contributed by atoms with E-state index in [2.05, 4.69) is 4.98 Å². The van der Waals surface area contributed by atoms with Gasteiger partial charge in [0.1, 0.15) is 11.6 Å². The average molecular weight is 374 g/mol. The van der Waals surface area contributed by atoms with E-state index in [-0.39, 0.29) is 23.4 Å². The van der Waals surface area contributed by atoms with Crippen molar-refractivity contribution in [3.8, 4) is 0 Å². The molecule has 1 saturated heterocycles. The van der Waals surface area contributed by atoms with Gasteiger partial charge < -0.3 is 4.74 Å². The molecule has 1 amide bonds. The Labute approximate surface area is 153 Å². The topological polar surface area (TPSA) is 42.4 Å². The number of fused-ring (bicyclic) bond motifs is 1. The molecule has 3 aromatic rings. The van der Waals surface area contributed by atoms with E-state index in [1.165, 1.54) is 46.6 Å². The summed E-state index contributed by atoms with van der Waals surface area (Å²) < 4.78 is 33.4. The van der Waals surface area contributed by atoms with E-state index in [9.17, 15) is 13.6 Å². The molecule has 7 heteroatoms. The summed E-state index contributed by atoms with van der Waals surface area (Å²) in [6.45, 7) is 0.995. The lowest BCUT2D eigenvalue weighted by molar-refractivity contribution is 0.0917. The Balaban J connectivity index is 1.72. The third kappa shape index (κ3) is 3.45. The molecule has 1 aliphatic heterocycles. The van der Waals surface area contributed by atoms with Crippen molar-refractivity contribution >= 4 is 32.6 Å². The van der Waals surface area contributed by atoms with Crippen LogP contribution in [0.25, 0.3) is 10.2 Å². The molecule has 1 atom stereocenters. The molecule has 2 heterocycles. The highest BCUT2D eigenvalue weighted by Crippen LogP contribution is 2.31. The number of halogens is 2. The smallest absolute Gasteiger partial charge is 0.260 e. The van der Waals surface area contributed by atoms with Gasteiger partial charge in [-0.15, -0.1) is 0 Å². The average Bonchev–Trinajstić information content (AvgIpc) is 3.28. The Hall–Kier alpha value is -2.38. The summed E-state index contributed by atoms with van der Waals surface area (Å²) in [5.74, 6) is -1.17. The number of hydrogen-bond donors (Lipinski definition) is 0. The van der Waals surface area contributed by atoms with Crippen molar-refractivity contribution in [2.45, 2.75) is 18.9 Å². The molecule has 0 N–H and O–H groups in total. The molecular formula is C19H16F2N2O2S. The fraction of sp³-hybridized carbons (Fsp3) is 0.263. The molecular weight excluding hydrogens is 358 g/mol. The standard InChI is InChI=1S/C19H16F2N2O2S/c20-13-4-1-3-12(9-13)18(24)23(11-15-5-2-8-25-15)19-22-16-7-6-14(21)10-17(16)26-19/h1,3-4,6-7,9-10,15H,2,5,8,11H2. The molecule has 0 spiro atoms. The summed E-state index contributed by atoms with van der Waals surface area (Å²) in [6, 6.07) is 9.89. The van der Waals surface area contributed by atoms with Crippen LogP contribution in [0.15, 0.2) is 42.5 Å². The van der Waals surface area contributed by atoms with E-state index in [0.717, 1.165) is 12.8 Å². The van der Waals surface area contributed by atoms with Gasteiger partial charge in [0.05, 0.1) is 22.9 Å². The second-order valence-electron chi connectivity index (χ2n) is 6.17. The number of ether oxygens (including phenoxy) is 1. The molecule has 2 aromatic carbocycles. The molecule has 4 nitrogen and oxygen atoms in total. The molecule has 1 fully saturated rings. The zero-order valence-electron chi connectivity index (χ0n) is 13.8. The van der Waals surface area contributed by atoms with Crippen LogP contribution in [-0.4, -0.2) is 30.1 Å². The fourth-order valence-electron chi connectivity index (χ4n) is 3.02. The summed E-state index contributed by atoms with van der Waals surface area (Å²) in [6.07, 6.45) is 1.71. The van der Waals surface area contributed by atoms with E-state index < -0.39 is 5.82 Å². The number of carbonyl (C=O) groups excluding carboxylic acids is 1. The van der Waals surface area contributed by atoms with Gasteiger partial charge in [-0.3, -0.25) is 9.69 Å². The number of aromatic nitrogens is 1. The number of thiazole rings is 1. The van der Waals surface area contributed by atoms with Crippen LogP contribution >= 0.6 is 11.3 Å². The highest BCUT2D eigenvalue weighted by Gasteiger charge is 2.27. The number of nitrogens with zero attached hydrogens (tertiary/aromatic N) is 2. The molecule has 134 valence electrons. The first-order valence-electron chi connectivity index (χ1n) is 8.35. The lowest BCUT2D eigenvalue weighted by Crippen LogP contribution is -2.37. The molecule has 0 bridgehead atoms. The van der Waals surface area contributed by atoms with Crippen LogP contribution in [0.3, 0.4) is 0 Å². The molecule has 1 aliphatic rings. The first kappa shape index (κ1) is 17.1. The summed E-state index contributed by atoms with van der Waals surface area (Å²) in [5.41, 5.74) is 0.865. The van der Waals surface area contributed by atoms with E-state index in [1.807, 2.05) is 0 Å². The number of anilines is 1. The first-order chi connectivity index (χ1) is 12.6. The Morgan fingerprint density at radius 3 is 2.85 bits per heavy atom. The Kier molecular flexibility index (Phi) is 4.65. The number of amides is 1. The number of benzene rings is 2. The summed E-state index contributed by atoms with van der Waals surface area (Å²) >= 11 is 1.23. The van der Waals surface area contributed by atoms with Crippen LogP contribution in [0.4, 0.5) is 13.9 Å². The molecule has 0 saturated carbocycles. The van der Waals surface area contributed by atoms with E-state index in [0.29, 0.717) is 28.5 Å². The largest absolute Gasteiger partial charge is 0.376 e. The monoisotopic (exact) mass is 374 g/mol. The van der Waals surface area contributed by atoms with E-state index in [4.69, 9.17) is 4.74 Å². The summed E-state index contributed by atoms with van der Waals surface area (Å²) in [7, 11) is 0. The van der Waals surface area contributed by atoms with Crippen LogP contribution < -0.4 is 4.90 Å². The van der Waals surface area contributed by atoms with Gasteiger partial charge in [0, 0.05) is 12.2 Å². The Morgan fingerprint density at radius 1 is 1.23 bits per heavy atom. The predicted octanol–water partition coefficient (Wildman–Crippen LogP) is 4.40. The van der Waals surface area contributed by atoms with Crippen molar-refractivity contribution < 1.29 is 18.3 Å². The van der Waals surface area contributed by atoms with Crippen LogP contribution in [0.5, 0.6) is 0 Å². The SMILES string of the molecule is O=C(c1cccc(F)c1)N(CC1CCCO1)c1nc2ccc(F)cc2s1.